The molecule has 0 aliphatic heterocycles. The number of benzene rings is 18. The molecule has 118 heavy (non-hydrogen) atoms. The molecule has 0 heterocycles. The maximum atomic E-state index is 3.20. The molecule has 10 heteroatoms. The maximum absolute atomic E-state index is 3.20. The van der Waals surface area contributed by atoms with E-state index in [4.69, 9.17) is 0 Å². The predicted octanol–water partition coefficient (Wildman–Crippen LogP) is 14.5. The molecule has 0 aliphatic carbocycles. The molecule has 0 radical (unpaired) electrons. The largest absolute Gasteiger partial charge is 2.00 e. The molecule has 18 aromatic rings. The molecular weight excluding hydrogens is 1770 g/mol. The first kappa shape index (κ1) is 92.3. The Bertz CT molecular complexity index is 4090. The van der Waals surface area contributed by atoms with E-state index in [0.29, 0.717) is 0 Å². The monoisotopic (exact) mass is 1850 g/mol. The van der Waals surface area contributed by atoms with Gasteiger partial charge in [-0.3, -0.25) is 0 Å². The number of hydrogen-bond donors (Lipinski definition) is 0. The van der Waals surface area contributed by atoms with E-state index in [2.05, 4.69) is 540 Å². The third-order valence-electron chi connectivity index (χ3n) is 18.2. The summed E-state index contributed by atoms with van der Waals surface area (Å²) in [6.07, 6.45) is 0. The van der Waals surface area contributed by atoms with Crippen LogP contribution in [-0.2, 0) is 40.8 Å². The van der Waals surface area contributed by atoms with Crippen molar-refractivity contribution in [2.45, 2.75) is 0 Å². The van der Waals surface area contributed by atoms with Gasteiger partial charge in [0.25, 0.3) is 0 Å². The first-order valence-corrected chi connectivity index (χ1v) is 46.4. The van der Waals surface area contributed by atoms with E-state index in [-0.39, 0.29) is 65.7 Å². The fraction of sp³-hybridized carbons (Fsp3) is 0. The van der Waals surface area contributed by atoms with Crippen molar-refractivity contribution in [2.24, 2.45) is 0 Å². The molecule has 0 atom stereocenters. The van der Waals surface area contributed by atoms with Crippen LogP contribution >= 0.6 is 47.5 Å². The molecule has 18 aromatic carbocycles. The van der Waals surface area contributed by atoms with Crippen LogP contribution in [0.25, 0.3) is 0 Å². The summed E-state index contributed by atoms with van der Waals surface area (Å²) in [5.74, 6) is 0. The second kappa shape index (κ2) is 52.4. The second-order valence-corrected chi connectivity index (χ2v) is 39.3. The number of hydrogen-bond acceptors (Lipinski definition) is 0. The van der Waals surface area contributed by atoms with Gasteiger partial charge in [-0.15, -0.1) is 5.30 Å². The molecule has 0 saturated carbocycles. The van der Waals surface area contributed by atoms with Crippen molar-refractivity contribution in [1.29, 1.82) is 0 Å². The van der Waals surface area contributed by atoms with Crippen LogP contribution in [0.2, 0.25) is 0 Å². The van der Waals surface area contributed by atoms with Gasteiger partial charge in [-0.25, -0.2) is 0 Å². The fourth-order valence-electron chi connectivity index (χ4n) is 13.0. The van der Waals surface area contributed by atoms with Crippen molar-refractivity contribution in [1.82, 2.24) is 0 Å². The minimum Gasteiger partial charge on any atom is -1.00 e. The summed E-state index contributed by atoms with van der Waals surface area (Å²) < 4.78 is 0. The quantitative estimate of drug-likeness (QED) is 0.0456. The molecule has 0 N–H and O–H groups in total. The molecule has 0 aromatic heterocycles. The molecule has 0 aliphatic rings. The smallest absolute Gasteiger partial charge is 1.00 e. The fourth-order valence-corrected chi connectivity index (χ4v) is 26.8. The van der Waals surface area contributed by atoms with Gasteiger partial charge in [0.05, 0.1) is 0 Å². The molecule has 0 fully saturated rings. The average Bonchev–Trinajstić information content (AvgIpc) is 0.854. The molecule has 0 saturated heterocycles. The van der Waals surface area contributed by atoms with Gasteiger partial charge in [0.15, 0.2) is 0 Å². The second-order valence-electron chi connectivity index (χ2n) is 26.0. The summed E-state index contributed by atoms with van der Waals surface area (Å²) in [5, 5.41) is 25.1. The Balaban J connectivity index is 0.000000160. The van der Waals surface area contributed by atoms with Crippen molar-refractivity contribution < 1.29 is 65.7 Å². The Morgan fingerprint density at radius 1 is 0.119 bits per heavy atom. The Kier molecular flexibility index (Phi) is 41.0. The summed E-state index contributed by atoms with van der Waals surface area (Å²) in [6.45, 7) is 0. The van der Waals surface area contributed by atoms with Crippen molar-refractivity contribution in [3.05, 3.63) is 546 Å². The van der Waals surface area contributed by atoms with E-state index in [1.54, 1.807) is 0 Å². The van der Waals surface area contributed by atoms with Crippen molar-refractivity contribution in [3.8, 4) is 0 Å². The van der Waals surface area contributed by atoms with Crippen LogP contribution in [-0.4, -0.2) is 0 Å². The van der Waals surface area contributed by atoms with Crippen LogP contribution < -0.4 is 120 Å². The van der Waals surface area contributed by atoms with E-state index in [9.17, 15) is 0 Å². The zero-order chi connectivity index (χ0) is 77.5. The van der Waals surface area contributed by atoms with E-state index >= 15 is 0 Å². The summed E-state index contributed by atoms with van der Waals surface area (Å²) >= 11 is 0. The van der Waals surface area contributed by atoms with Crippen molar-refractivity contribution in [3.63, 3.8) is 0 Å². The minimum absolute atomic E-state index is 0. The summed E-state index contributed by atoms with van der Waals surface area (Å²) in [5.41, 5.74) is 0. The van der Waals surface area contributed by atoms with E-state index in [1.165, 1.54) is 95.5 Å². The van der Waals surface area contributed by atoms with Gasteiger partial charge in [0.2, 0.25) is 0 Å². The topological polar surface area (TPSA) is 0 Å². The summed E-state index contributed by atoms with van der Waals surface area (Å²) in [4.78, 5) is 0. The first-order chi connectivity index (χ1) is 56.7. The van der Waals surface area contributed by atoms with Gasteiger partial charge in [0.1, 0.15) is 0 Å². The standard InChI is InChI=1S/5C18H15P.C18H14P.2ClH.2Pd/c6*1-4-10-16(11-5-1)19(17-12-6-2-7-13-17)18-14-8-3-9-15-18;;;;/h5*1-15H;1-8,10-15H;2*1H;;/q;;;;;-1;;;;+2/p-2. The molecule has 0 amide bonds. The van der Waals surface area contributed by atoms with Crippen LogP contribution in [0.5, 0.6) is 0 Å². The molecule has 0 nitrogen and oxygen atoms in total. The Labute approximate surface area is 747 Å². The van der Waals surface area contributed by atoms with Crippen molar-refractivity contribution in [2.75, 3.05) is 0 Å². The SMILES string of the molecule is [Cl-].[Cl-].[Pd+2].[Pd].[c-]1cccc(P(c2ccccc2)c2ccccc2)c1.c1ccc(P(c2ccccc2)c2ccccc2)cc1.c1ccc(P(c2ccccc2)c2ccccc2)cc1.c1ccc(P(c2ccccc2)c2ccccc2)cc1.c1ccc(P(c2ccccc2)c2ccccc2)cc1.c1ccc(P(c2ccccc2)c2ccccc2)cc1. The van der Waals surface area contributed by atoms with E-state index < -0.39 is 47.5 Å². The van der Waals surface area contributed by atoms with E-state index in [0.717, 1.165) is 0 Å². The number of rotatable bonds is 18. The third-order valence-corrected chi connectivity index (χ3v) is 32.8. The third kappa shape index (κ3) is 27.8. The Morgan fingerprint density at radius 2 is 0.203 bits per heavy atom. The number of halogens is 2. The van der Waals surface area contributed by atoms with E-state index in [1.807, 2.05) is 6.07 Å². The summed E-state index contributed by atoms with van der Waals surface area (Å²) in [6, 6.07) is 195. The van der Waals surface area contributed by atoms with Crippen LogP contribution in [0.4, 0.5) is 0 Å². The van der Waals surface area contributed by atoms with Gasteiger partial charge >= 0.3 is 20.4 Å². The Hall–Kier alpha value is -9.56. The molecule has 0 unspecified atom stereocenters. The molecule has 0 spiro atoms. The van der Waals surface area contributed by atoms with Crippen molar-refractivity contribution >= 4 is 143 Å². The van der Waals surface area contributed by atoms with Gasteiger partial charge in [-0.05, 0) is 130 Å². The molecular formula is C108H89Cl2P6Pd2-. The zero-order valence-corrected chi connectivity index (χ0v) is 74.9. The van der Waals surface area contributed by atoms with Gasteiger partial charge < -0.3 is 24.8 Å². The maximum Gasteiger partial charge on any atom is 2.00 e. The van der Waals surface area contributed by atoms with Crippen LogP contribution in [0.1, 0.15) is 0 Å². The molecule has 0 bridgehead atoms. The molecule has 586 valence electrons. The van der Waals surface area contributed by atoms with Gasteiger partial charge in [0, 0.05) is 20.4 Å². The van der Waals surface area contributed by atoms with Crippen LogP contribution in [0.3, 0.4) is 0 Å². The predicted molar refractivity (Wildman–Crippen MR) is 510 cm³/mol. The van der Waals surface area contributed by atoms with Gasteiger partial charge in [-0.2, -0.15) is 30.3 Å². The van der Waals surface area contributed by atoms with Crippen LogP contribution in [0.15, 0.2) is 540 Å². The average molecular weight is 1860 g/mol. The molecule has 18 rings (SSSR count). The minimum atomic E-state index is -0.477. The summed E-state index contributed by atoms with van der Waals surface area (Å²) in [7, 11) is -2.71. The van der Waals surface area contributed by atoms with Crippen LogP contribution in [0, 0.1) is 6.07 Å². The normalized spacial score (nSPS) is 10.2. The van der Waals surface area contributed by atoms with Gasteiger partial charge in [-0.1, -0.05) is 524 Å². The zero-order valence-electron chi connectivity index (χ0n) is 65.0. The Morgan fingerprint density at radius 3 is 0.288 bits per heavy atom. The first-order valence-electron chi connectivity index (χ1n) is 38.3.